The Morgan fingerprint density at radius 2 is 1.76 bits per heavy atom. The van der Waals surface area contributed by atoms with E-state index in [9.17, 15) is 24.2 Å². The smallest absolute Gasteiger partial charge is 0.339 e. The van der Waals surface area contributed by atoms with E-state index in [1.165, 1.54) is 0 Å². The first-order valence-corrected chi connectivity index (χ1v) is 6.30. The van der Waals surface area contributed by atoms with Crippen LogP contribution in [0.2, 0.25) is 5.02 Å². The molecule has 0 aliphatic heterocycles. The van der Waals surface area contributed by atoms with Crippen LogP contribution in [0.5, 0.6) is 0 Å². The van der Waals surface area contributed by atoms with Crippen molar-refractivity contribution in [1.82, 2.24) is 0 Å². The fraction of sp³-hybridized carbons (Fsp3) is 0.125. The van der Waals surface area contributed by atoms with Crippen LogP contribution in [-0.4, -0.2) is 13.1 Å². The Morgan fingerprint density at radius 1 is 1.24 bits per heavy atom. The molecule has 0 amide bonds. The minimum absolute atomic E-state index is 0.00929. The van der Waals surface area contributed by atoms with Gasteiger partial charge in [-0.1, -0.05) is 31.0 Å². The second-order valence-corrected chi connectivity index (χ2v) is 5.92. The Morgan fingerprint density at radius 3 is 2.12 bits per heavy atom. The van der Waals surface area contributed by atoms with Crippen molar-refractivity contribution in [3.05, 3.63) is 28.8 Å². The molecule has 0 unspecified atom stereocenters. The summed E-state index contributed by atoms with van der Waals surface area (Å²) in [6.45, 7) is 0. The van der Waals surface area contributed by atoms with E-state index in [1.807, 2.05) is 0 Å². The van der Waals surface area contributed by atoms with Crippen molar-refractivity contribution >= 4 is 27.8 Å². The van der Waals surface area contributed by atoms with Crippen LogP contribution in [-0.2, 0) is 4.74 Å². The van der Waals surface area contributed by atoms with Crippen molar-refractivity contribution in [3.63, 3.8) is 0 Å². The number of hydrogen-bond donors (Lipinski definition) is 0. The molecule has 0 N–H and O–H groups in total. The number of ether oxygens (including phenoxy) is 1. The van der Waals surface area contributed by atoms with Gasteiger partial charge in [0.05, 0.1) is 17.7 Å². The molecule has 0 atom stereocenters. The summed E-state index contributed by atoms with van der Waals surface area (Å²) in [5.41, 5.74) is -0.417. The van der Waals surface area contributed by atoms with E-state index in [2.05, 4.69) is 4.74 Å². The lowest BCUT2D eigenvalue weighted by molar-refractivity contribution is 0.0600. The normalized spacial score (nSPS) is 15.9. The van der Waals surface area contributed by atoms with Gasteiger partial charge in [-0.3, -0.25) is 0 Å². The molecule has 0 bridgehead atoms. The summed E-state index contributed by atoms with van der Waals surface area (Å²) < 4.78 is 66.0. The van der Waals surface area contributed by atoms with E-state index in [4.69, 9.17) is 11.6 Å². The molecule has 0 aromatic heterocycles. The zero-order chi connectivity index (χ0) is 13.5. The molecule has 1 aromatic carbocycles. The molecular weight excluding hydrogens is 291 g/mol. The lowest BCUT2D eigenvalue weighted by Crippen LogP contribution is -2.08. The maximum atomic E-state index is 12.4. The summed E-state index contributed by atoms with van der Waals surface area (Å²) in [6.07, 6.45) is 0. The van der Waals surface area contributed by atoms with Gasteiger partial charge in [-0.15, -0.1) is 0 Å². The molecule has 98 valence electrons. The zero-order valence-electron chi connectivity index (χ0n) is 8.22. The van der Waals surface area contributed by atoms with Gasteiger partial charge in [0.2, 0.25) is 0 Å². The summed E-state index contributed by atoms with van der Waals surface area (Å²) in [4.78, 5) is 8.84. The minimum Gasteiger partial charge on any atom is -0.465 e. The molecule has 1 aromatic rings. The average molecular weight is 297 g/mol. The first-order valence-electron chi connectivity index (χ1n) is 3.97. The summed E-state index contributed by atoms with van der Waals surface area (Å²) >= 11 is 5.32. The Kier molecular flexibility index (Phi) is 2.69. The minimum atomic E-state index is -9.77. The van der Waals surface area contributed by atoms with E-state index >= 15 is 0 Å². The molecule has 0 spiro atoms. The lowest BCUT2D eigenvalue weighted by Gasteiger charge is -2.40. The monoisotopic (exact) mass is 296 g/mol. The van der Waals surface area contributed by atoms with Gasteiger partial charge in [0.1, 0.15) is 4.90 Å². The fourth-order valence-electron chi connectivity index (χ4n) is 1.01. The number of halogens is 6. The number of benzene rings is 1. The third-order valence-electron chi connectivity index (χ3n) is 1.79. The predicted octanol–water partition coefficient (Wildman–Crippen LogP) is 4.78. The van der Waals surface area contributed by atoms with Gasteiger partial charge < -0.3 is 4.74 Å². The third kappa shape index (κ3) is 3.22. The van der Waals surface area contributed by atoms with Gasteiger partial charge in [0.15, 0.2) is 0 Å². The van der Waals surface area contributed by atoms with Gasteiger partial charge in [0.25, 0.3) is 0 Å². The van der Waals surface area contributed by atoms with Crippen LogP contribution in [0.1, 0.15) is 10.4 Å². The van der Waals surface area contributed by atoms with Gasteiger partial charge in [0, 0.05) is 0 Å². The second kappa shape index (κ2) is 3.26. The molecule has 0 aliphatic rings. The Labute approximate surface area is 98.0 Å². The third-order valence-corrected chi connectivity index (χ3v) is 3.25. The largest absolute Gasteiger partial charge is 0.465 e. The molecule has 0 saturated carbocycles. The second-order valence-electron chi connectivity index (χ2n) is 3.10. The molecule has 2 nitrogen and oxygen atoms in total. The van der Waals surface area contributed by atoms with Crippen LogP contribution in [0.15, 0.2) is 23.1 Å². The van der Waals surface area contributed by atoms with E-state index in [0.29, 0.717) is 6.07 Å². The highest BCUT2D eigenvalue weighted by molar-refractivity contribution is 8.45. The Bertz CT molecular complexity index is 484. The molecule has 0 heterocycles. The molecule has 0 saturated heterocycles. The lowest BCUT2D eigenvalue weighted by atomic mass is 10.2. The number of hydrogen-bond acceptors (Lipinski definition) is 2. The quantitative estimate of drug-likeness (QED) is 0.579. The van der Waals surface area contributed by atoms with Crippen LogP contribution < -0.4 is 0 Å². The maximum Gasteiger partial charge on any atom is 0.339 e. The van der Waals surface area contributed by atoms with Gasteiger partial charge in [-0.05, 0) is 18.2 Å². The highest BCUT2D eigenvalue weighted by atomic mass is 35.5. The van der Waals surface area contributed by atoms with E-state index in [0.717, 1.165) is 7.11 Å². The highest BCUT2D eigenvalue weighted by Gasteiger charge is 2.65. The van der Waals surface area contributed by atoms with Crippen molar-refractivity contribution in [1.29, 1.82) is 0 Å². The van der Waals surface area contributed by atoms with Gasteiger partial charge in [-0.2, -0.15) is 0 Å². The molecular formula is C8H6ClF5O2S. The first kappa shape index (κ1) is 14.0. The van der Waals surface area contributed by atoms with Crippen LogP contribution in [0.25, 0.3) is 0 Å². The van der Waals surface area contributed by atoms with Crippen LogP contribution >= 0.6 is 21.8 Å². The number of carbonyl (C=O) groups excluding carboxylic acids is 1. The maximum absolute atomic E-state index is 12.4. The Balaban J connectivity index is 3.39. The molecule has 1 rings (SSSR count). The van der Waals surface area contributed by atoms with Crippen molar-refractivity contribution < 1.29 is 29.0 Å². The van der Waals surface area contributed by atoms with Crippen molar-refractivity contribution in [2.75, 3.05) is 7.11 Å². The van der Waals surface area contributed by atoms with E-state index in [-0.39, 0.29) is 12.1 Å². The van der Waals surface area contributed by atoms with Crippen molar-refractivity contribution in [2.24, 2.45) is 0 Å². The van der Waals surface area contributed by atoms with Gasteiger partial charge >= 0.3 is 16.2 Å². The summed E-state index contributed by atoms with van der Waals surface area (Å²) in [7, 11) is -8.79. The standard InChI is InChI=1S/C8H6ClF5O2S/c1-16-8(15)6-3-2-5(4-7(6)9)17(10,11,12,13)14/h2-4H,1H3. The zero-order valence-corrected chi connectivity index (χ0v) is 9.80. The molecule has 17 heavy (non-hydrogen) atoms. The summed E-state index contributed by atoms with van der Waals surface area (Å²) in [6, 6.07) is 0.649. The van der Waals surface area contributed by atoms with Crippen molar-refractivity contribution in [3.8, 4) is 0 Å². The molecule has 0 radical (unpaired) electrons. The van der Waals surface area contributed by atoms with Crippen LogP contribution in [0.4, 0.5) is 19.4 Å². The predicted molar refractivity (Wildman–Crippen MR) is 54.2 cm³/mol. The van der Waals surface area contributed by atoms with E-state index in [1.54, 1.807) is 0 Å². The number of rotatable bonds is 2. The number of carbonyl (C=O) groups is 1. The highest BCUT2D eigenvalue weighted by Crippen LogP contribution is 3.02. The molecule has 9 heteroatoms. The van der Waals surface area contributed by atoms with Gasteiger partial charge in [-0.25, -0.2) is 4.79 Å². The number of esters is 1. The summed E-state index contributed by atoms with van der Waals surface area (Å²) in [5.74, 6) is -1.01. The first-order chi connectivity index (χ1) is 7.35. The van der Waals surface area contributed by atoms with E-state index < -0.39 is 31.7 Å². The average Bonchev–Trinajstić information content (AvgIpc) is 2.13. The fourth-order valence-corrected chi connectivity index (χ4v) is 2.00. The topological polar surface area (TPSA) is 26.3 Å². The SMILES string of the molecule is COC(=O)c1ccc(S(F)(F)(F)(F)F)cc1Cl. The molecule has 0 fully saturated rings. The number of methoxy groups -OCH3 is 1. The van der Waals surface area contributed by atoms with Crippen LogP contribution in [0.3, 0.4) is 0 Å². The summed E-state index contributed by atoms with van der Waals surface area (Å²) in [5, 5.41) is -0.748. The van der Waals surface area contributed by atoms with Crippen LogP contribution in [0, 0.1) is 0 Å². The van der Waals surface area contributed by atoms with Crippen molar-refractivity contribution in [2.45, 2.75) is 4.90 Å². The Hall–Kier alpha value is -1.02. The molecule has 0 aliphatic carbocycles.